The molecule has 1 aliphatic carbocycles. The monoisotopic (exact) mass is 321 g/mol. The van der Waals surface area contributed by atoms with E-state index in [0.29, 0.717) is 10.6 Å². The molecule has 0 atom stereocenters. The van der Waals surface area contributed by atoms with Crippen LogP contribution in [0.2, 0.25) is 0 Å². The van der Waals surface area contributed by atoms with Gasteiger partial charge >= 0.3 is 5.97 Å². The number of hydrogen-bond donors (Lipinski definition) is 1. The van der Waals surface area contributed by atoms with Crippen molar-refractivity contribution in [2.75, 3.05) is 12.8 Å². The molecular formula is C16H19NO2S2. The van der Waals surface area contributed by atoms with E-state index in [-0.39, 0.29) is 11.9 Å². The number of esters is 1. The van der Waals surface area contributed by atoms with Crippen molar-refractivity contribution >= 4 is 34.3 Å². The molecular weight excluding hydrogens is 302 g/mol. The Morgan fingerprint density at radius 2 is 2.10 bits per heavy atom. The second-order valence-corrected chi connectivity index (χ2v) is 7.80. The van der Waals surface area contributed by atoms with E-state index < -0.39 is 0 Å². The molecule has 2 aromatic rings. The highest BCUT2D eigenvalue weighted by Gasteiger charge is 2.26. The fourth-order valence-electron chi connectivity index (χ4n) is 2.90. The highest BCUT2D eigenvalue weighted by molar-refractivity contribution is 7.23. The van der Waals surface area contributed by atoms with Crippen molar-refractivity contribution in [3.05, 3.63) is 26.9 Å². The van der Waals surface area contributed by atoms with Gasteiger partial charge in [-0.05, 0) is 42.4 Å². The Kier molecular flexibility index (Phi) is 3.80. The Bertz CT molecular complexity index is 676. The molecule has 5 heteroatoms. The van der Waals surface area contributed by atoms with Gasteiger partial charge in [0, 0.05) is 9.75 Å². The Balaban J connectivity index is 2.14. The van der Waals surface area contributed by atoms with Gasteiger partial charge in [-0.3, -0.25) is 0 Å². The Labute approximate surface area is 132 Å². The van der Waals surface area contributed by atoms with Crippen LogP contribution in [0.1, 0.15) is 51.9 Å². The van der Waals surface area contributed by atoms with Crippen LogP contribution in [-0.2, 0) is 17.6 Å². The van der Waals surface area contributed by atoms with Crippen LogP contribution >= 0.6 is 22.7 Å². The van der Waals surface area contributed by atoms with E-state index in [2.05, 4.69) is 19.9 Å². The highest BCUT2D eigenvalue weighted by atomic mass is 32.1. The summed E-state index contributed by atoms with van der Waals surface area (Å²) in [6.07, 6.45) is 3.62. The number of hydrogen-bond acceptors (Lipinski definition) is 5. The van der Waals surface area contributed by atoms with Gasteiger partial charge in [0.25, 0.3) is 0 Å². The van der Waals surface area contributed by atoms with Gasteiger partial charge in [-0.1, -0.05) is 13.8 Å². The van der Waals surface area contributed by atoms with Crippen LogP contribution in [-0.4, -0.2) is 13.1 Å². The number of thiophene rings is 2. The van der Waals surface area contributed by atoms with Gasteiger partial charge in [-0.15, -0.1) is 22.7 Å². The zero-order valence-corrected chi connectivity index (χ0v) is 14.1. The van der Waals surface area contributed by atoms with Gasteiger partial charge in [0.15, 0.2) is 0 Å². The van der Waals surface area contributed by atoms with E-state index in [0.717, 1.165) is 10.4 Å². The summed E-state index contributed by atoms with van der Waals surface area (Å²) in [6.45, 7) is 4.23. The highest BCUT2D eigenvalue weighted by Crippen LogP contribution is 2.47. The van der Waals surface area contributed by atoms with Crippen LogP contribution in [0, 0.1) is 0 Å². The molecule has 0 saturated carbocycles. The number of carbonyl (C=O) groups is 1. The molecule has 0 fully saturated rings. The van der Waals surface area contributed by atoms with Crippen molar-refractivity contribution in [1.29, 1.82) is 0 Å². The summed E-state index contributed by atoms with van der Waals surface area (Å²) in [5.41, 5.74) is 9.37. The van der Waals surface area contributed by atoms with Gasteiger partial charge in [0.1, 0.15) is 4.88 Å². The molecule has 2 aromatic heterocycles. The summed E-state index contributed by atoms with van der Waals surface area (Å²) in [5.74, 6) is -0.0543. The van der Waals surface area contributed by atoms with Crippen molar-refractivity contribution in [3.63, 3.8) is 0 Å². The van der Waals surface area contributed by atoms with E-state index in [1.807, 2.05) is 11.3 Å². The molecule has 0 spiro atoms. The number of aryl methyl sites for hydroxylation is 2. The van der Waals surface area contributed by atoms with Crippen LogP contribution in [0.25, 0.3) is 9.75 Å². The predicted molar refractivity (Wildman–Crippen MR) is 89.5 cm³/mol. The minimum absolute atomic E-state index is 0.284. The summed E-state index contributed by atoms with van der Waals surface area (Å²) in [6, 6.07) is 2.28. The number of carbonyl (C=O) groups excluding carboxylic acids is 1. The predicted octanol–water partition coefficient (Wildman–Crippen LogP) is 4.46. The molecule has 0 amide bonds. The molecule has 1 aliphatic rings. The summed E-state index contributed by atoms with van der Waals surface area (Å²) in [4.78, 5) is 16.3. The molecule has 0 bridgehead atoms. The maximum absolute atomic E-state index is 11.9. The van der Waals surface area contributed by atoms with E-state index >= 15 is 0 Å². The average molecular weight is 321 g/mol. The van der Waals surface area contributed by atoms with Crippen LogP contribution in [0.15, 0.2) is 6.07 Å². The number of rotatable bonds is 3. The van der Waals surface area contributed by atoms with E-state index in [1.54, 1.807) is 0 Å². The van der Waals surface area contributed by atoms with Crippen LogP contribution in [0.3, 0.4) is 0 Å². The minimum atomic E-state index is -0.338. The zero-order valence-electron chi connectivity index (χ0n) is 12.5. The van der Waals surface area contributed by atoms with Gasteiger partial charge in [-0.25, -0.2) is 4.79 Å². The van der Waals surface area contributed by atoms with E-state index in [4.69, 9.17) is 10.5 Å². The molecule has 3 nitrogen and oxygen atoms in total. The minimum Gasteiger partial charge on any atom is -0.465 e. The molecule has 0 saturated heterocycles. The van der Waals surface area contributed by atoms with Crippen molar-refractivity contribution in [3.8, 4) is 9.75 Å². The lowest BCUT2D eigenvalue weighted by Crippen LogP contribution is -2.03. The van der Waals surface area contributed by atoms with Crippen molar-refractivity contribution in [2.24, 2.45) is 0 Å². The Morgan fingerprint density at radius 1 is 1.33 bits per heavy atom. The number of nitrogen functional groups attached to an aromatic ring is 1. The average Bonchev–Trinajstić information content (AvgIpc) is 3.09. The lowest BCUT2D eigenvalue weighted by molar-refractivity contribution is 0.0607. The first-order valence-corrected chi connectivity index (χ1v) is 8.78. The number of methoxy groups -OCH3 is 1. The maximum atomic E-state index is 11.9. The summed E-state index contributed by atoms with van der Waals surface area (Å²) in [5, 5.41) is 0. The molecule has 21 heavy (non-hydrogen) atoms. The number of anilines is 1. The smallest absolute Gasteiger partial charge is 0.350 e. The molecule has 0 unspecified atom stereocenters. The standard InChI is InChI=1S/C16H19NO2S2/c1-8(2)12-13(17)15(16(18)19-3)21-14(12)11-7-9-5-4-6-10(9)20-11/h7-8H,4-6,17H2,1-3H3. The zero-order chi connectivity index (χ0) is 15.1. The van der Waals surface area contributed by atoms with Crippen molar-refractivity contribution < 1.29 is 9.53 Å². The van der Waals surface area contributed by atoms with Gasteiger partial charge in [0.2, 0.25) is 0 Å². The lowest BCUT2D eigenvalue weighted by atomic mass is 10.0. The topological polar surface area (TPSA) is 52.3 Å². The van der Waals surface area contributed by atoms with Crippen LogP contribution in [0.5, 0.6) is 0 Å². The first kappa shape index (κ1) is 14.6. The van der Waals surface area contributed by atoms with E-state index in [9.17, 15) is 4.79 Å². The van der Waals surface area contributed by atoms with Crippen molar-refractivity contribution in [2.45, 2.75) is 39.0 Å². The normalized spacial score (nSPS) is 13.7. The molecule has 0 aromatic carbocycles. The van der Waals surface area contributed by atoms with Gasteiger partial charge in [0.05, 0.1) is 17.7 Å². The SMILES string of the molecule is COC(=O)c1sc(-c2cc3c(s2)CCC3)c(C(C)C)c1N. The largest absolute Gasteiger partial charge is 0.465 e. The number of fused-ring (bicyclic) bond motifs is 1. The second kappa shape index (κ2) is 5.46. The summed E-state index contributed by atoms with van der Waals surface area (Å²) in [7, 11) is 1.40. The maximum Gasteiger partial charge on any atom is 0.350 e. The molecule has 0 radical (unpaired) electrons. The van der Waals surface area contributed by atoms with E-state index in [1.165, 1.54) is 53.0 Å². The fourth-order valence-corrected chi connectivity index (χ4v) is 5.56. The lowest BCUT2D eigenvalue weighted by Gasteiger charge is -2.07. The molecule has 2 N–H and O–H groups in total. The first-order chi connectivity index (χ1) is 10.0. The molecule has 112 valence electrons. The summed E-state index contributed by atoms with van der Waals surface area (Å²) >= 11 is 3.32. The van der Waals surface area contributed by atoms with Gasteiger partial charge in [-0.2, -0.15) is 0 Å². The number of nitrogens with two attached hydrogens (primary N) is 1. The first-order valence-electron chi connectivity index (χ1n) is 7.15. The van der Waals surface area contributed by atoms with Crippen LogP contribution < -0.4 is 5.73 Å². The summed E-state index contributed by atoms with van der Waals surface area (Å²) < 4.78 is 4.86. The third-order valence-electron chi connectivity index (χ3n) is 3.90. The van der Waals surface area contributed by atoms with Crippen molar-refractivity contribution in [1.82, 2.24) is 0 Å². The quantitative estimate of drug-likeness (QED) is 0.849. The third kappa shape index (κ3) is 2.38. The Hall–Kier alpha value is -1.33. The van der Waals surface area contributed by atoms with Crippen LogP contribution in [0.4, 0.5) is 5.69 Å². The molecule has 3 rings (SSSR count). The number of ether oxygens (including phenoxy) is 1. The molecule has 0 aliphatic heterocycles. The Morgan fingerprint density at radius 3 is 2.71 bits per heavy atom. The second-order valence-electron chi connectivity index (χ2n) is 5.65. The fraction of sp³-hybridized carbons (Fsp3) is 0.438. The molecule has 2 heterocycles. The third-order valence-corrected chi connectivity index (χ3v) is 6.52. The van der Waals surface area contributed by atoms with Gasteiger partial charge < -0.3 is 10.5 Å².